The predicted octanol–water partition coefficient (Wildman–Crippen LogP) is -1.33. The number of β-amino-alcohol motifs (C(OH)–C–C–N with tert-alkyl or cyclic N) is 1. The summed E-state index contributed by atoms with van der Waals surface area (Å²) >= 11 is 0. The Bertz CT molecular complexity index is 503. The molecule has 2 aliphatic rings. The third kappa shape index (κ3) is 3.49. The molecule has 2 fully saturated rings. The number of pyridine rings is 1. The van der Waals surface area contributed by atoms with Crippen LogP contribution in [0.1, 0.15) is 6.42 Å². The molecule has 0 spiro atoms. The number of piperidine rings is 1. The van der Waals surface area contributed by atoms with Gasteiger partial charge in [-0.1, -0.05) is 0 Å². The van der Waals surface area contributed by atoms with E-state index in [1.165, 1.54) is 0 Å². The van der Waals surface area contributed by atoms with Gasteiger partial charge >= 0.3 is 0 Å². The lowest BCUT2D eigenvalue weighted by Gasteiger charge is -2.44. The lowest BCUT2D eigenvalue weighted by atomic mass is 9.93. The quantitative estimate of drug-likeness (QED) is 0.544. The maximum absolute atomic E-state index is 10.1. The Morgan fingerprint density at radius 2 is 2.00 bits per heavy atom. The van der Waals surface area contributed by atoms with Crippen LogP contribution in [0.15, 0.2) is 24.5 Å². The van der Waals surface area contributed by atoms with Gasteiger partial charge in [-0.15, -0.1) is 0 Å². The Morgan fingerprint density at radius 1 is 1.17 bits per heavy atom. The summed E-state index contributed by atoms with van der Waals surface area (Å²) in [7, 11) is 0. The first-order chi connectivity index (χ1) is 11.1. The van der Waals surface area contributed by atoms with Crippen molar-refractivity contribution in [3.05, 3.63) is 24.5 Å². The number of rotatable bonds is 4. The highest BCUT2D eigenvalue weighted by molar-refractivity contribution is 5.44. The van der Waals surface area contributed by atoms with Crippen molar-refractivity contribution < 1.29 is 20.4 Å². The van der Waals surface area contributed by atoms with Crippen LogP contribution < -0.4 is 4.90 Å². The van der Waals surface area contributed by atoms with Crippen LogP contribution in [-0.2, 0) is 0 Å². The molecule has 0 unspecified atom stereocenters. The molecule has 1 aromatic rings. The Morgan fingerprint density at radius 3 is 2.70 bits per heavy atom. The summed E-state index contributed by atoms with van der Waals surface area (Å²) in [5.74, 6) is 0.388. The van der Waals surface area contributed by atoms with Gasteiger partial charge in [-0.05, 0) is 24.5 Å². The summed E-state index contributed by atoms with van der Waals surface area (Å²) in [6.45, 7) is 2.55. The van der Waals surface area contributed by atoms with E-state index in [1.54, 1.807) is 6.20 Å². The van der Waals surface area contributed by atoms with Gasteiger partial charge in [0.15, 0.2) is 0 Å². The average molecular weight is 323 g/mol. The van der Waals surface area contributed by atoms with Gasteiger partial charge < -0.3 is 25.3 Å². The highest BCUT2D eigenvalue weighted by Gasteiger charge is 2.42. The van der Waals surface area contributed by atoms with Crippen molar-refractivity contribution in [1.82, 2.24) is 9.88 Å². The first-order valence-corrected chi connectivity index (χ1v) is 8.14. The van der Waals surface area contributed by atoms with Crippen molar-refractivity contribution in [3.63, 3.8) is 0 Å². The SMILES string of the molecule is OC[C@H]1[C@@H](O)[C@H](O)[C@@H](O)CN1C[C@H]1CCN(c2cccnc2)C1. The van der Waals surface area contributed by atoms with Crippen molar-refractivity contribution in [3.8, 4) is 0 Å². The van der Waals surface area contributed by atoms with Crippen LogP contribution >= 0.6 is 0 Å². The second-order valence-electron chi connectivity index (χ2n) is 6.56. The molecule has 3 heterocycles. The summed E-state index contributed by atoms with van der Waals surface area (Å²) in [6, 6.07) is 3.43. The number of aliphatic hydroxyl groups is 4. The standard InChI is InChI=1S/C16H25N3O4/c20-10-13-15(22)16(23)14(21)9-19(13)8-11-3-5-18(7-11)12-2-1-4-17-6-12/h1-2,4,6,11,13-16,20-23H,3,5,7-10H2/t11-,13-,14-,15+,16+/m0/s1. The second kappa shape index (κ2) is 7.11. The molecule has 7 heteroatoms. The summed E-state index contributed by atoms with van der Waals surface area (Å²) in [6.07, 6.45) is 1.31. The van der Waals surface area contributed by atoms with Gasteiger partial charge in [-0.25, -0.2) is 0 Å². The zero-order valence-corrected chi connectivity index (χ0v) is 13.1. The molecule has 4 N–H and O–H groups in total. The predicted molar refractivity (Wildman–Crippen MR) is 85.0 cm³/mol. The molecule has 128 valence electrons. The van der Waals surface area contributed by atoms with Crippen LogP contribution in [-0.4, -0.2) is 87.4 Å². The average Bonchev–Trinajstić information content (AvgIpc) is 3.02. The molecule has 0 bridgehead atoms. The molecule has 0 amide bonds. The summed E-state index contributed by atoms with van der Waals surface area (Å²) in [4.78, 5) is 8.32. The summed E-state index contributed by atoms with van der Waals surface area (Å²) < 4.78 is 0. The number of aromatic nitrogens is 1. The Balaban J connectivity index is 1.61. The van der Waals surface area contributed by atoms with Crippen molar-refractivity contribution in [1.29, 1.82) is 0 Å². The largest absolute Gasteiger partial charge is 0.395 e. The van der Waals surface area contributed by atoms with Crippen molar-refractivity contribution in [2.24, 2.45) is 5.92 Å². The molecule has 0 aromatic carbocycles. The van der Waals surface area contributed by atoms with Crippen molar-refractivity contribution >= 4 is 5.69 Å². The molecule has 2 saturated heterocycles. The Hall–Kier alpha value is -1.25. The second-order valence-corrected chi connectivity index (χ2v) is 6.56. The molecule has 2 aliphatic heterocycles. The third-order valence-corrected chi connectivity index (χ3v) is 5.01. The van der Waals surface area contributed by atoms with Crippen LogP contribution in [0, 0.1) is 5.92 Å². The number of hydrogen-bond donors (Lipinski definition) is 4. The van der Waals surface area contributed by atoms with E-state index >= 15 is 0 Å². The van der Waals surface area contributed by atoms with Gasteiger partial charge in [0, 0.05) is 32.4 Å². The molecule has 3 rings (SSSR count). The topological polar surface area (TPSA) is 100 Å². The molecule has 5 atom stereocenters. The van der Waals surface area contributed by atoms with E-state index in [4.69, 9.17) is 0 Å². The molecule has 0 aliphatic carbocycles. The van der Waals surface area contributed by atoms with E-state index in [0.29, 0.717) is 12.5 Å². The van der Waals surface area contributed by atoms with Crippen LogP contribution in [0.4, 0.5) is 5.69 Å². The Kier molecular flexibility index (Phi) is 5.13. The number of likely N-dealkylation sites (tertiary alicyclic amines) is 1. The van der Waals surface area contributed by atoms with Gasteiger partial charge in [0.25, 0.3) is 0 Å². The monoisotopic (exact) mass is 323 g/mol. The van der Waals surface area contributed by atoms with E-state index in [0.717, 1.165) is 25.2 Å². The van der Waals surface area contributed by atoms with Crippen molar-refractivity contribution in [2.45, 2.75) is 30.8 Å². The van der Waals surface area contributed by atoms with E-state index in [2.05, 4.69) is 9.88 Å². The molecule has 0 radical (unpaired) electrons. The summed E-state index contributed by atoms with van der Waals surface area (Å²) in [5, 5.41) is 39.2. The third-order valence-electron chi connectivity index (χ3n) is 5.01. The molecule has 0 saturated carbocycles. The maximum Gasteiger partial charge on any atom is 0.109 e. The minimum absolute atomic E-state index is 0.232. The lowest BCUT2D eigenvalue weighted by molar-refractivity contribution is -0.146. The van der Waals surface area contributed by atoms with Crippen LogP contribution in [0.2, 0.25) is 0 Å². The van der Waals surface area contributed by atoms with E-state index in [1.807, 2.05) is 23.2 Å². The van der Waals surface area contributed by atoms with Gasteiger partial charge in [0.05, 0.1) is 30.6 Å². The minimum atomic E-state index is -1.20. The van der Waals surface area contributed by atoms with Gasteiger partial charge in [-0.2, -0.15) is 0 Å². The van der Waals surface area contributed by atoms with Crippen LogP contribution in [0.5, 0.6) is 0 Å². The molecular formula is C16H25N3O4. The number of anilines is 1. The first-order valence-electron chi connectivity index (χ1n) is 8.14. The molecule has 1 aromatic heterocycles. The number of hydrogen-bond acceptors (Lipinski definition) is 7. The number of nitrogens with zero attached hydrogens (tertiary/aromatic N) is 3. The zero-order chi connectivity index (χ0) is 16.4. The fraction of sp³-hybridized carbons (Fsp3) is 0.688. The van der Waals surface area contributed by atoms with Gasteiger partial charge in [-0.3, -0.25) is 9.88 Å². The maximum atomic E-state index is 10.1. The van der Waals surface area contributed by atoms with Crippen LogP contribution in [0.3, 0.4) is 0 Å². The molecule has 23 heavy (non-hydrogen) atoms. The summed E-state index contributed by atoms with van der Waals surface area (Å²) in [5.41, 5.74) is 1.10. The Labute approximate surface area is 135 Å². The van der Waals surface area contributed by atoms with Crippen LogP contribution in [0.25, 0.3) is 0 Å². The first kappa shape index (κ1) is 16.6. The zero-order valence-electron chi connectivity index (χ0n) is 13.1. The van der Waals surface area contributed by atoms with E-state index < -0.39 is 24.4 Å². The highest BCUT2D eigenvalue weighted by atomic mass is 16.4. The van der Waals surface area contributed by atoms with Gasteiger partial charge in [0.1, 0.15) is 12.2 Å². The fourth-order valence-electron chi connectivity index (χ4n) is 3.68. The highest BCUT2D eigenvalue weighted by Crippen LogP contribution is 2.26. The normalized spacial score (nSPS) is 35.7. The lowest BCUT2D eigenvalue weighted by Crippen LogP contribution is -2.63. The smallest absolute Gasteiger partial charge is 0.109 e. The molecular weight excluding hydrogens is 298 g/mol. The molecule has 7 nitrogen and oxygen atoms in total. The number of aliphatic hydroxyl groups excluding tert-OH is 4. The van der Waals surface area contributed by atoms with Gasteiger partial charge in [0.2, 0.25) is 0 Å². The van der Waals surface area contributed by atoms with E-state index in [-0.39, 0.29) is 13.2 Å². The van der Waals surface area contributed by atoms with Crippen molar-refractivity contribution in [2.75, 3.05) is 37.7 Å². The minimum Gasteiger partial charge on any atom is -0.395 e. The fourth-order valence-corrected chi connectivity index (χ4v) is 3.68. The van der Waals surface area contributed by atoms with E-state index in [9.17, 15) is 20.4 Å².